The largest absolute Gasteiger partial charge is 0.497 e. The van der Waals surface area contributed by atoms with E-state index in [1.54, 1.807) is 19.4 Å². The van der Waals surface area contributed by atoms with Gasteiger partial charge < -0.3 is 14.8 Å². The fourth-order valence-electron chi connectivity index (χ4n) is 2.65. The van der Waals surface area contributed by atoms with Gasteiger partial charge in [-0.1, -0.05) is 0 Å². The number of nitrogens with zero attached hydrogens (tertiary/aromatic N) is 2. The van der Waals surface area contributed by atoms with Crippen molar-refractivity contribution in [3.8, 4) is 22.4 Å². The molecule has 0 saturated heterocycles. The molecule has 8 heteroatoms. The number of methoxy groups -OCH3 is 1. The molecule has 140 valence electrons. The molecular formula is C19H19N3O4S. The lowest BCUT2D eigenvalue weighted by molar-refractivity contribution is -0.125. The average molecular weight is 385 g/mol. The van der Waals surface area contributed by atoms with Gasteiger partial charge in [0.15, 0.2) is 12.3 Å². The van der Waals surface area contributed by atoms with Crippen LogP contribution in [-0.2, 0) is 9.53 Å². The highest BCUT2D eigenvalue weighted by Gasteiger charge is 2.43. The summed E-state index contributed by atoms with van der Waals surface area (Å²) in [6.45, 7) is 1.24. The molecule has 7 nitrogen and oxygen atoms in total. The Balaban J connectivity index is 1.56. The smallest absolute Gasteiger partial charge is 0.358 e. The van der Waals surface area contributed by atoms with Crippen LogP contribution in [-0.4, -0.2) is 36.1 Å². The molecule has 1 aromatic carbocycles. The summed E-state index contributed by atoms with van der Waals surface area (Å²) in [5, 5.41) is 14.2. The second-order valence-electron chi connectivity index (χ2n) is 6.48. The minimum Gasteiger partial charge on any atom is -0.497 e. The molecule has 0 radical (unpaired) electrons. The molecule has 0 bridgehead atoms. The predicted molar refractivity (Wildman–Crippen MR) is 99.3 cm³/mol. The number of aromatic nitrogens is 1. The third kappa shape index (κ3) is 4.44. The van der Waals surface area contributed by atoms with Crippen molar-refractivity contribution >= 4 is 23.2 Å². The van der Waals surface area contributed by atoms with Crippen molar-refractivity contribution in [3.05, 3.63) is 35.3 Å². The zero-order valence-electron chi connectivity index (χ0n) is 15.0. The highest BCUT2D eigenvalue weighted by Crippen LogP contribution is 2.39. The van der Waals surface area contributed by atoms with Crippen LogP contribution in [0.1, 0.15) is 30.3 Å². The van der Waals surface area contributed by atoms with Gasteiger partial charge in [-0.2, -0.15) is 5.26 Å². The predicted octanol–water partition coefficient (Wildman–Crippen LogP) is 2.78. The first-order chi connectivity index (χ1) is 12.9. The Kier molecular flexibility index (Phi) is 5.42. The second kappa shape index (κ2) is 7.76. The van der Waals surface area contributed by atoms with Crippen LogP contribution < -0.4 is 10.1 Å². The van der Waals surface area contributed by atoms with Crippen LogP contribution in [0.5, 0.6) is 5.75 Å². The van der Waals surface area contributed by atoms with E-state index in [2.05, 4.69) is 16.4 Å². The van der Waals surface area contributed by atoms with Gasteiger partial charge in [0, 0.05) is 10.9 Å². The molecule has 1 heterocycles. The van der Waals surface area contributed by atoms with Crippen LogP contribution in [0.15, 0.2) is 29.6 Å². The molecule has 0 spiro atoms. The zero-order valence-corrected chi connectivity index (χ0v) is 15.8. The van der Waals surface area contributed by atoms with E-state index >= 15 is 0 Å². The number of nitrogens with one attached hydrogen (secondary N) is 1. The molecule has 1 saturated carbocycles. The second-order valence-corrected chi connectivity index (χ2v) is 7.34. The number of carbonyl (C=O) groups excluding carboxylic acids is 2. The Hall–Kier alpha value is -2.92. The van der Waals surface area contributed by atoms with E-state index in [9.17, 15) is 14.9 Å². The fourth-order valence-corrected chi connectivity index (χ4v) is 3.44. The van der Waals surface area contributed by atoms with Gasteiger partial charge in [0.2, 0.25) is 0 Å². The number of thiazole rings is 1. The topological polar surface area (TPSA) is 101 Å². The van der Waals surface area contributed by atoms with Gasteiger partial charge in [-0.15, -0.1) is 11.3 Å². The maximum absolute atomic E-state index is 12.1. The summed E-state index contributed by atoms with van der Waals surface area (Å²) in [5.41, 5.74) is 0.0849. The average Bonchev–Trinajstić information content (AvgIpc) is 3.44. The number of amides is 1. The first-order valence-corrected chi connectivity index (χ1v) is 9.32. The molecule has 27 heavy (non-hydrogen) atoms. The van der Waals surface area contributed by atoms with Gasteiger partial charge >= 0.3 is 5.97 Å². The molecule has 1 aliphatic carbocycles. The molecule has 0 unspecified atom stereocenters. The SMILES string of the molecule is COc1ccc(-c2nc(C(=O)OCC(=O)N[C@@](C)(C#N)C3CC3)cs2)cc1. The third-order valence-corrected chi connectivity index (χ3v) is 5.30. The number of hydrogen-bond donors (Lipinski definition) is 1. The van der Waals surface area contributed by atoms with Gasteiger partial charge in [0.05, 0.1) is 13.2 Å². The van der Waals surface area contributed by atoms with Crippen LogP contribution in [0, 0.1) is 17.2 Å². The van der Waals surface area contributed by atoms with Crippen LogP contribution in [0.4, 0.5) is 0 Å². The quantitative estimate of drug-likeness (QED) is 0.736. The third-order valence-electron chi connectivity index (χ3n) is 4.41. The molecule has 1 fully saturated rings. The Labute approximate surface area is 160 Å². The van der Waals surface area contributed by atoms with E-state index in [4.69, 9.17) is 9.47 Å². The summed E-state index contributed by atoms with van der Waals surface area (Å²) in [6, 6.07) is 9.45. The van der Waals surface area contributed by atoms with Crippen molar-refractivity contribution in [2.45, 2.75) is 25.3 Å². The van der Waals surface area contributed by atoms with Crippen LogP contribution in [0.2, 0.25) is 0 Å². The van der Waals surface area contributed by atoms with Gasteiger partial charge in [-0.05, 0) is 49.9 Å². The van der Waals surface area contributed by atoms with E-state index in [0.717, 1.165) is 24.2 Å². The molecule has 0 aliphatic heterocycles. The van der Waals surface area contributed by atoms with Crippen LogP contribution in [0.25, 0.3) is 10.6 Å². The van der Waals surface area contributed by atoms with E-state index in [1.807, 2.05) is 24.3 Å². The maximum atomic E-state index is 12.1. The molecule has 3 rings (SSSR count). The molecule has 1 atom stereocenters. The van der Waals surface area contributed by atoms with Crippen molar-refractivity contribution in [1.29, 1.82) is 5.26 Å². The lowest BCUT2D eigenvalue weighted by Gasteiger charge is -2.22. The Morgan fingerprint density at radius 3 is 2.67 bits per heavy atom. The first-order valence-electron chi connectivity index (χ1n) is 8.44. The number of rotatable bonds is 7. The Bertz CT molecular complexity index is 883. The summed E-state index contributed by atoms with van der Waals surface area (Å²) < 4.78 is 10.1. The molecule has 1 amide bonds. The summed E-state index contributed by atoms with van der Waals surface area (Å²) in [4.78, 5) is 28.4. The number of benzene rings is 1. The van der Waals surface area contributed by atoms with Crippen LogP contribution in [0.3, 0.4) is 0 Å². The van der Waals surface area contributed by atoms with E-state index in [0.29, 0.717) is 5.01 Å². The Morgan fingerprint density at radius 1 is 1.37 bits per heavy atom. The highest BCUT2D eigenvalue weighted by molar-refractivity contribution is 7.13. The number of carbonyl (C=O) groups is 2. The lowest BCUT2D eigenvalue weighted by atomic mass is 9.98. The van der Waals surface area contributed by atoms with Crippen molar-refractivity contribution < 1.29 is 19.1 Å². The first kappa shape index (κ1) is 18.9. The van der Waals surface area contributed by atoms with Crippen molar-refractivity contribution in [2.75, 3.05) is 13.7 Å². The van der Waals surface area contributed by atoms with Gasteiger partial charge in [0.1, 0.15) is 16.3 Å². The standard InChI is InChI=1S/C19H19N3O4S/c1-19(11-20,13-5-6-13)22-16(23)9-26-18(24)15-10-27-17(21-15)12-3-7-14(25-2)8-4-12/h3-4,7-8,10,13H,5-6,9H2,1-2H3,(H,22,23)/t19-/m0/s1. The van der Waals surface area contributed by atoms with Gasteiger partial charge in [-0.25, -0.2) is 9.78 Å². The van der Waals surface area contributed by atoms with E-state index < -0.39 is 24.0 Å². The maximum Gasteiger partial charge on any atom is 0.358 e. The molecule has 1 aromatic heterocycles. The van der Waals surface area contributed by atoms with Crippen LogP contribution >= 0.6 is 11.3 Å². The fraction of sp³-hybridized carbons (Fsp3) is 0.368. The minimum absolute atomic E-state index is 0.142. The van der Waals surface area contributed by atoms with Crippen molar-refractivity contribution in [3.63, 3.8) is 0 Å². The summed E-state index contributed by atoms with van der Waals surface area (Å²) in [6.07, 6.45) is 1.83. The minimum atomic E-state index is -0.911. The van der Waals surface area contributed by atoms with E-state index in [-0.39, 0.29) is 11.6 Å². The number of hydrogen-bond acceptors (Lipinski definition) is 7. The van der Waals surface area contributed by atoms with Crippen molar-refractivity contribution in [2.24, 2.45) is 5.92 Å². The number of ether oxygens (including phenoxy) is 2. The van der Waals surface area contributed by atoms with Gasteiger partial charge in [-0.3, -0.25) is 4.79 Å². The normalized spacial score (nSPS) is 15.3. The molecule has 1 N–H and O–H groups in total. The summed E-state index contributed by atoms with van der Waals surface area (Å²) >= 11 is 1.31. The number of nitriles is 1. The monoisotopic (exact) mass is 385 g/mol. The molecular weight excluding hydrogens is 366 g/mol. The molecule has 1 aliphatic rings. The Morgan fingerprint density at radius 2 is 2.07 bits per heavy atom. The summed E-state index contributed by atoms with van der Waals surface area (Å²) in [7, 11) is 1.59. The van der Waals surface area contributed by atoms with E-state index in [1.165, 1.54) is 11.3 Å². The van der Waals surface area contributed by atoms with Gasteiger partial charge in [0.25, 0.3) is 5.91 Å². The lowest BCUT2D eigenvalue weighted by Crippen LogP contribution is -2.48. The number of esters is 1. The highest BCUT2D eigenvalue weighted by atomic mass is 32.1. The zero-order chi connectivity index (χ0) is 19.4. The summed E-state index contributed by atoms with van der Waals surface area (Å²) in [5.74, 6) is -0.277. The van der Waals surface area contributed by atoms with Crippen molar-refractivity contribution in [1.82, 2.24) is 10.3 Å². The molecule has 2 aromatic rings.